The number of alkyl halides is 1. The minimum atomic E-state index is -0.663. The Hall–Kier alpha value is 0.0527. The first-order valence-corrected chi connectivity index (χ1v) is 29.1. The second-order valence-electron chi connectivity index (χ2n) is 16.4. The molecule has 0 amide bonds. The Morgan fingerprint density at radius 3 is 1.35 bits per heavy atom. The van der Waals surface area contributed by atoms with Gasteiger partial charge in [0.05, 0.1) is 13.2 Å². The average Bonchev–Trinajstić information content (AvgIpc) is 4.12. The van der Waals surface area contributed by atoms with Crippen LogP contribution < -0.4 is 108 Å². The van der Waals surface area contributed by atoms with Crippen molar-refractivity contribution >= 4 is 73.2 Å². The zero-order valence-electron chi connectivity index (χ0n) is 43.2. The molecule has 1 N–H and O–H groups in total. The number of hydrogen-bond acceptors (Lipinski definition) is 14. The smallest absolute Gasteiger partial charge is 1.00 e. The summed E-state index contributed by atoms with van der Waals surface area (Å²) in [5.41, 5.74) is 4.67. The fourth-order valence-electron chi connectivity index (χ4n) is 7.11. The number of unbranched alkanes of at least 4 members (excludes halogenated alkanes) is 2. The topological polar surface area (TPSA) is 138 Å². The van der Waals surface area contributed by atoms with Crippen LogP contribution in [-0.2, 0) is 33.5 Å². The summed E-state index contributed by atoms with van der Waals surface area (Å²) in [5, 5.41) is 18.4. The van der Waals surface area contributed by atoms with Crippen LogP contribution in [-0.4, -0.2) is 121 Å². The van der Waals surface area contributed by atoms with Gasteiger partial charge in [-0.2, -0.15) is 0 Å². The van der Waals surface area contributed by atoms with Crippen molar-refractivity contribution in [2.45, 2.75) is 86.9 Å². The molecule has 2 atom stereocenters. The Balaban J connectivity index is 0.00000108. The van der Waals surface area contributed by atoms with Gasteiger partial charge in [0.1, 0.15) is 18.8 Å². The predicted molar refractivity (Wildman–Crippen MR) is 288 cm³/mol. The van der Waals surface area contributed by atoms with Gasteiger partial charge in [-0.25, -0.2) is 0 Å². The van der Waals surface area contributed by atoms with E-state index in [2.05, 4.69) is 70.3 Å². The maximum Gasteiger partial charge on any atom is 1.00 e. The summed E-state index contributed by atoms with van der Waals surface area (Å²) in [6.45, 7) is 4.80. The van der Waals surface area contributed by atoms with E-state index in [1.165, 1.54) is 48.3 Å². The van der Waals surface area contributed by atoms with Crippen molar-refractivity contribution in [2.24, 2.45) is 0 Å². The second-order valence-corrected chi connectivity index (χ2v) is 22.3. The third-order valence-corrected chi connectivity index (χ3v) is 17.1. The van der Waals surface area contributed by atoms with Crippen LogP contribution in [0, 0.1) is 0 Å². The zero-order valence-corrected chi connectivity index (χ0v) is 52.5. The first-order chi connectivity index (χ1) is 33.7. The van der Waals surface area contributed by atoms with E-state index in [1.807, 2.05) is 123 Å². The molecule has 11 nitrogen and oxygen atoms in total. The first kappa shape index (κ1) is 69.1. The van der Waals surface area contributed by atoms with Gasteiger partial charge in [0, 0.05) is 66.9 Å². The van der Waals surface area contributed by atoms with Gasteiger partial charge in [0.2, 0.25) is 0 Å². The summed E-state index contributed by atoms with van der Waals surface area (Å²) < 4.78 is 17.8. The summed E-state index contributed by atoms with van der Waals surface area (Å²) >= 11 is 5.75. The molecule has 18 heteroatoms. The first-order valence-electron chi connectivity index (χ1n) is 23.8. The molecule has 71 heavy (non-hydrogen) atoms. The maximum absolute atomic E-state index is 12.0. The van der Waals surface area contributed by atoms with Crippen LogP contribution in [0.3, 0.4) is 0 Å². The molecule has 0 spiro atoms. The molecule has 2 aliphatic heterocycles. The van der Waals surface area contributed by atoms with Crippen LogP contribution in [0.2, 0.25) is 0 Å². The van der Waals surface area contributed by atoms with Crippen LogP contribution in [0.5, 0.6) is 0 Å². The van der Waals surface area contributed by atoms with Crippen LogP contribution >= 0.6 is 54.8 Å². The summed E-state index contributed by atoms with van der Waals surface area (Å²) in [6.07, 6.45) is 9.79. The van der Waals surface area contributed by atoms with Crippen molar-refractivity contribution in [2.75, 3.05) is 77.5 Å². The van der Waals surface area contributed by atoms with E-state index in [1.54, 1.807) is 0 Å². The molecule has 382 valence electrons. The third-order valence-electron chi connectivity index (χ3n) is 10.9. The molecule has 2 saturated heterocycles. The molecule has 0 unspecified atom stereocenters. The second kappa shape index (κ2) is 46.2. The molecular formula is C53H73ClK2N2O9S4. The number of carbonyl (C=O) groups is 3. The molecule has 0 aromatic heterocycles. The van der Waals surface area contributed by atoms with Crippen molar-refractivity contribution in [1.82, 2.24) is 9.80 Å². The van der Waals surface area contributed by atoms with Gasteiger partial charge in [-0.1, -0.05) is 177 Å². The van der Waals surface area contributed by atoms with Gasteiger partial charge in [-0.3, -0.25) is 14.4 Å². The number of carboxylic acid groups (broad SMARTS) is 1. The summed E-state index contributed by atoms with van der Waals surface area (Å²) in [5.74, 6) is 2.46. The molecule has 4 aromatic rings. The Morgan fingerprint density at radius 1 is 0.648 bits per heavy atom. The number of carboxylic acids is 1. The largest absolute Gasteiger partial charge is 1.00 e. The Bertz CT molecular complexity index is 1810. The molecule has 2 fully saturated rings. The predicted octanol–water partition coefficient (Wildman–Crippen LogP) is 5.29. The van der Waals surface area contributed by atoms with Crippen molar-refractivity contribution in [3.8, 4) is 0 Å². The summed E-state index contributed by atoms with van der Waals surface area (Å²) in [6, 6.07) is 41.3. The van der Waals surface area contributed by atoms with E-state index in [4.69, 9.17) is 41.0 Å². The van der Waals surface area contributed by atoms with Crippen molar-refractivity contribution < 1.29 is 148 Å². The van der Waals surface area contributed by atoms with Gasteiger partial charge >= 0.3 is 115 Å². The standard InChI is InChI=1S/C26H35NO3S2.C18H22ClNO.C8H14O2S2.CH2O3.2K.H/c1-27(17-19-29-25(28)15-9-8-14-24-16-21-31-32-24)18-20-30-26(22-10-4-2-5-11-22)23-12-6-3-7-13-23;1-20(13-12-19)14-15-21-18(16-8-4-2-5-9-16)17-10-6-3-7-11-17;9-8(10)4-2-1-3-7-5-6-11-12-7;2-1-4-3;;;/h2-7,10-13,24,26H,8-9,14-21H2,1H3;2-11,18H,12-15H2,1H3;7H,1-6H2,(H,9,10);1,3H;;;/q;;;;2*+1;-1/p-1/t24-;;7-;;;;/m1.1..../s1. The Kier molecular flexibility index (Phi) is 44.9. The molecule has 6 rings (SSSR count). The van der Waals surface area contributed by atoms with E-state index in [9.17, 15) is 9.59 Å². The molecule has 0 aliphatic carbocycles. The van der Waals surface area contributed by atoms with Crippen LogP contribution in [0.15, 0.2) is 121 Å². The van der Waals surface area contributed by atoms with E-state index in [-0.39, 0.29) is 129 Å². The van der Waals surface area contributed by atoms with E-state index in [0.29, 0.717) is 45.1 Å². The molecule has 0 saturated carbocycles. The van der Waals surface area contributed by atoms with Gasteiger partial charge in [0.15, 0.2) is 0 Å². The van der Waals surface area contributed by atoms with E-state index < -0.39 is 5.97 Å². The number of likely N-dealkylation sites (N-methyl/N-ethyl adjacent to an activating group) is 2. The van der Waals surface area contributed by atoms with Gasteiger partial charge in [-0.15, -0.1) is 11.6 Å². The van der Waals surface area contributed by atoms with Crippen LogP contribution in [0.25, 0.3) is 0 Å². The van der Waals surface area contributed by atoms with Crippen LogP contribution in [0.1, 0.15) is 100 Å². The molecule has 2 aliphatic rings. The quantitative estimate of drug-likeness (QED) is 0.0115. The van der Waals surface area contributed by atoms with Crippen LogP contribution in [0.4, 0.5) is 0 Å². The number of carbonyl (C=O) groups excluding carboxylic acids is 2. The number of hydrogen-bond donors (Lipinski definition) is 1. The normalized spacial score (nSPS) is 14.7. The van der Waals surface area contributed by atoms with Crippen molar-refractivity contribution in [3.63, 3.8) is 0 Å². The molecule has 0 bridgehead atoms. The maximum atomic E-state index is 12.0. The van der Waals surface area contributed by atoms with Gasteiger partial charge in [0.25, 0.3) is 6.47 Å². The summed E-state index contributed by atoms with van der Waals surface area (Å²) in [7, 11) is 12.0. The van der Waals surface area contributed by atoms with Crippen molar-refractivity contribution in [3.05, 3.63) is 144 Å². The van der Waals surface area contributed by atoms with Gasteiger partial charge in [-0.05, 0) is 74.9 Å². The molecule has 0 radical (unpaired) electrons. The number of aliphatic carboxylic acids is 1. The zero-order chi connectivity index (χ0) is 49.6. The van der Waals surface area contributed by atoms with Crippen molar-refractivity contribution in [1.29, 1.82) is 0 Å². The molecule has 4 aromatic carbocycles. The SMILES string of the molecule is CN(CCCl)CCOC(c1ccccc1)c1ccccc1.CN(CCOC(=O)CCCC[C@@H]1CCSS1)CCOC(c1ccccc1)c1ccccc1.O=C(O)CCCC[C@@H]1CCSS1.O=CO[O-].[H-].[K+].[K+]. The fourth-order valence-corrected chi connectivity index (χ4v) is 13.5. The number of nitrogens with zero attached hydrogens (tertiary/aromatic N) is 2. The number of benzene rings is 4. The number of halogens is 1. The monoisotopic (exact) mass is 1120 g/mol. The molecule has 2 heterocycles. The van der Waals surface area contributed by atoms with E-state index in [0.717, 1.165) is 66.9 Å². The van der Waals surface area contributed by atoms with Gasteiger partial charge < -0.3 is 40.7 Å². The molecular weight excluding hydrogens is 1050 g/mol. The number of ether oxygens (including phenoxy) is 3. The minimum Gasteiger partial charge on any atom is -1.00 e. The minimum absolute atomic E-state index is 0. The summed E-state index contributed by atoms with van der Waals surface area (Å²) in [4.78, 5) is 37.7. The number of rotatable bonds is 28. The number of esters is 1. The Morgan fingerprint density at radius 2 is 1.01 bits per heavy atom. The fraction of sp³-hybridized carbons (Fsp3) is 0.491. The van der Waals surface area contributed by atoms with E-state index >= 15 is 0 Å². The Labute approximate surface area is 531 Å². The average molecular weight is 1120 g/mol. The third kappa shape index (κ3) is 33.7.